The average molecular weight is 559 g/mol. The van der Waals surface area contributed by atoms with Gasteiger partial charge >= 0.3 is 0 Å². The molecule has 6 aromatic rings. The van der Waals surface area contributed by atoms with Gasteiger partial charge in [-0.25, -0.2) is 0 Å². The van der Waals surface area contributed by atoms with Gasteiger partial charge in [0.1, 0.15) is 0 Å². The number of nitrogens with zero attached hydrogens (tertiary/aromatic N) is 2. The summed E-state index contributed by atoms with van der Waals surface area (Å²) in [5, 5.41) is 0. The van der Waals surface area contributed by atoms with Crippen LogP contribution in [0.1, 0.15) is 36.5 Å². The van der Waals surface area contributed by atoms with E-state index in [1.165, 1.54) is 27.8 Å². The molecule has 0 unspecified atom stereocenters. The van der Waals surface area contributed by atoms with Gasteiger partial charge in [-0.15, -0.1) is 0 Å². The third-order valence-electron chi connectivity index (χ3n) is 7.94. The zero-order valence-corrected chi connectivity index (χ0v) is 25.4. The topological polar surface area (TPSA) is 6.48 Å². The average Bonchev–Trinajstić information content (AvgIpc) is 3.03. The monoisotopic (exact) mass is 558 g/mol. The molecule has 0 amide bonds. The van der Waals surface area contributed by atoms with E-state index >= 15 is 0 Å². The summed E-state index contributed by atoms with van der Waals surface area (Å²) >= 11 is 0. The smallest absolute Gasteiger partial charge is 0.0464 e. The van der Waals surface area contributed by atoms with Crippen molar-refractivity contribution in [1.82, 2.24) is 0 Å². The second kappa shape index (κ2) is 12.4. The Bertz CT molecular complexity index is 1790. The third-order valence-corrected chi connectivity index (χ3v) is 7.94. The Morgan fingerprint density at radius 1 is 0.372 bits per heavy atom. The van der Waals surface area contributed by atoms with Gasteiger partial charge in [0.15, 0.2) is 0 Å². The summed E-state index contributed by atoms with van der Waals surface area (Å²) in [7, 11) is 0. The molecule has 212 valence electrons. The van der Waals surface area contributed by atoms with Crippen LogP contribution >= 0.6 is 0 Å². The van der Waals surface area contributed by atoms with E-state index in [2.05, 4.69) is 189 Å². The molecule has 0 atom stereocenters. The Kier molecular flexibility index (Phi) is 8.11. The molecule has 0 N–H and O–H groups in total. The fraction of sp³-hybridized carbons (Fsp3) is 0.122. The number of hydrogen-bond donors (Lipinski definition) is 0. The first-order valence-corrected chi connectivity index (χ1v) is 15.1. The largest absolute Gasteiger partial charge is 0.310 e. The normalized spacial score (nSPS) is 11.0. The molecule has 0 bridgehead atoms. The molecule has 2 heteroatoms. The maximum Gasteiger partial charge on any atom is 0.0464 e. The van der Waals surface area contributed by atoms with Gasteiger partial charge < -0.3 is 9.80 Å². The Labute approximate surface area is 256 Å². The molecule has 0 aliphatic rings. The molecule has 0 aliphatic heterocycles. The summed E-state index contributed by atoms with van der Waals surface area (Å²) in [6, 6.07) is 54.7. The molecule has 6 rings (SSSR count). The van der Waals surface area contributed by atoms with Crippen molar-refractivity contribution in [2.45, 2.75) is 33.6 Å². The van der Waals surface area contributed by atoms with E-state index in [0.717, 1.165) is 34.1 Å². The van der Waals surface area contributed by atoms with E-state index in [9.17, 15) is 0 Å². The summed E-state index contributed by atoms with van der Waals surface area (Å²) < 4.78 is 0. The Morgan fingerprint density at radius 2 is 0.744 bits per heavy atom. The van der Waals surface area contributed by atoms with Crippen LogP contribution in [0.5, 0.6) is 0 Å². The summed E-state index contributed by atoms with van der Waals surface area (Å²) in [5.74, 6) is 0.503. The molecule has 0 spiro atoms. The molecule has 0 radical (unpaired) electrons. The SMILES string of the molecule is Cc1cccc(N(c2ccccc2)c2ccc(-c3ccc(N(c4ccc(C(C)C)cc4)c4cccc(C)c4)cc3)cc2)c1. The van der Waals surface area contributed by atoms with E-state index in [4.69, 9.17) is 0 Å². The van der Waals surface area contributed by atoms with Gasteiger partial charge in [0, 0.05) is 34.1 Å². The van der Waals surface area contributed by atoms with Gasteiger partial charge in [0.2, 0.25) is 0 Å². The highest BCUT2D eigenvalue weighted by Gasteiger charge is 2.15. The second-order valence-corrected chi connectivity index (χ2v) is 11.5. The first-order chi connectivity index (χ1) is 21.0. The lowest BCUT2D eigenvalue weighted by Gasteiger charge is -2.27. The van der Waals surface area contributed by atoms with E-state index in [-0.39, 0.29) is 0 Å². The van der Waals surface area contributed by atoms with Crippen molar-refractivity contribution in [2.24, 2.45) is 0 Å². The number of rotatable bonds is 8. The van der Waals surface area contributed by atoms with Gasteiger partial charge in [-0.05, 0) is 120 Å². The van der Waals surface area contributed by atoms with Crippen molar-refractivity contribution < 1.29 is 0 Å². The molecule has 2 nitrogen and oxygen atoms in total. The van der Waals surface area contributed by atoms with E-state index in [0.29, 0.717) is 5.92 Å². The predicted octanol–water partition coefficient (Wildman–Crippen LogP) is 12.0. The van der Waals surface area contributed by atoms with Crippen LogP contribution in [0.15, 0.2) is 152 Å². The third kappa shape index (κ3) is 6.24. The Hall–Kier alpha value is -5.08. The number of aryl methyl sites for hydroxylation is 2. The van der Waals surface area contributed by atoms with Crippen LogP contribution in [0.3, 0.4) is 0 Å². The molecular formula is C41H38N2. The van der Waals surface area contributed by atoms with Crippen LogP contribution in [0.25, 0.3) is 11.1 Å². The minimum Gasteiger partial charge on any atom is -0.310 e. The van der Waals surface area contributed by atoms with E-state index in [1.807, 2.05) is 0 Å². The summed E-state index contributed by atoms with van der Waals surface area (Å²) in [4.78, 5) is 4.65. The zero-order chi connectivity index (χ0) is 29.8. The fourth-order valence-electron chi connectivity index (χ4n) is 5.62. The molecule has 0 fully saturated rings. The molecule has 0 aliphatic carbocycles. The number of para-hydroxylation sites is 1. The highest BCUT2D eigenvalue weighted by molar-refractivity contribution is 5.81. The van der Waals surface area contributed by atoms with Crippen LogP contribution in [-0.2, 0) is 0 Å². The van der Waals surface area contributed by atoms with Crippen LogP contribution in [0.4, 0.5) is 34.1 Å². The number of anilines is 6. The van der Waals surface area contributed by atoms with E-state index in [1.54, 1.807) is 0 Å². The van der Waals surface area contributed by atoms with Crippen LogP contribution in [0.2, 0.25) is 0 Å². The highest BCUT2D eigenvalue weighted by Crippen LogP contribution is 2.38. The fourth-order valence-corrected chi connectivity index (χ4v) is 5.62. The van der Waals surface area contributed by atoms with Gasteiger partial charge in [-0.2, -0.15) is 0 Å². The summed E-state index contributed by atoms with van der Waals surface area (Å²) in [6.07, 6.45) is 0. The Morgan fingerprint density at radius 3 is 1.14 bits per heavy atom. The summed E-state index contributed by atoms with van der Waals surface area (Å²) in [5.41, 5.74) is 13.1. The van der Waals surface area contributed by atoms with Gasteiger partial charge in [-0.1, -0.05) is 92.7 Å². The second-order valence-electron chi connectivity index (χ2n) is 11.5. The molecule has 0 aromatic heterocycles. The van der Waals surface area contributed by atoms with Crippen molar-refractivity contribution in [3.05, 3.63) is 168 Å². The minimum absolute atomic E-state index is 0.503. The van der Waals surface area contributed by atoms with Crippen molar-refractivity contribution in [3.8, 4) is 11.1 Å². The van der Waals surface area contributed by atoms with Gasteiger partial charge in [0.25, 0.3) is 0 Å². The van der Waals surface area contributed by atoms with Crippen LogP contribution < -0.4 is 9.80 Å². The molecule has 0 heterocycles. The minimum atomic E-state index is 0.503. The highest BCUT2D eigenvalue weighted by atomic mass is 15.1. The van der Waals surface area contributed by atoms with Gasteiger partial charge in [-0.3, -0.25) is 0 Å². The van der Waals surface area contributed by atoms with Crippen molar-refractivity contribution >= 4 is 34.1 Å². The standard InChI is InChI=1S/C41H38N2/c1-30(2)33-16-22-37(23-17-33)43(41-15-9-11-32(4)29-41)39-26-20-35(21-27-39)34-18-24-38(25-19-34)42(36-12-6-5-7-13-36)40-14-8-10-31(3)28-40/h5-30H,1-4H3. The van der Waals surface area contributed by atoms with Crippen molar-refractivity contribution in [1.29, 1.82) is 0 Å². The van der Waals surface area contributed by atoms with Crippen molar-refractivity contribution in [2.75, 3.05) is 9.80 Å². The Balaban J connectivity index is 1.32. The molecular weight excluding hydrogens is 520 g/mol. The zero-order valence-electron chi connectivity index (χ0n) is 25.4. The van der Waals surface area contributed by atoms with Gasteiger partial charge in [0.05, 0.1) is 0 Å². The predicted molar refractivity (Wildman–Crippen MR) is 185 cm³/mol. The molecule has 6 aromatic carbocycles. The maximum absolute atomic E-state index is 2.34. The molecule has 0 saturated carbocycles. The van der Waals surface area contributed by atoms with Crippen molar-refractivity contribution in [3.63, 3.8) is 0 Å². The lowest BCUT2D eigenvalue weighted by Crippen LogP contribution is -2.10. The van der Waals surface area contributed by atoms with Crippen LogP contribution in [-0.4, -0.2) is 0 Å². The number of benzene rings is 6. The molecule has 0 saturated heterocycles. The summed E-state index contributed by atoms with van der Waals surface area (Å²) in [6.45, 7) is 8.76. The lowest BCUT2D eigenvalue weighted by molar-refractivity contribution is 0.866. The lowest BCUT2D eigenvalue weighted by atomic mass is 10.0. The maximum atomic E-state index is 2.34. The first-order valence-electron chi connectivity index (χ1n) is 15.1. The van der Waals surface area contributed by atoms with Crippen LogP contribution in [0, 0.1) is 13.8 Å². The molecule has 43 heavy (non-hydrogen) atoms. The van der Waals surface area contributed by atoms with E-state index < -0.39 is 0 Å². The quantitative estimate of drug-likeness (QED) is 0.183. The number of hydrogen-bond acceptors (Lipinski definition) is 2. The first kappa shape index (κ1) is 28.1.